The van der Waals surface area contributed by atoms with E-state index >= 15 is 0 Å². The van der Waals surface area contributed by atoms with Crippen molar-refractivity contribution in [1.29, 1.82) is 0 Å². The van der Waals surface area contributed by atoms with Crippen LogP contribution in [-0.2, 0) is 14.3 Å². The van der Waals surface area contributed by atoms with Gasteiger partial charge in [0.05, 0.1) is 38.5 Å². The average Bonchev–Trinajstić information content (AvgIpc) is 2.02. The summed E-state index contributed by atoms with van der Waals surface area (Å²) in [4.78, 5) is 13.1. The van der Waals surface area contributed by atoms with E-state index in [4.69, 9.17) is 9.47 Å². The first kappa shape index (κ1) is 8.01. The first-order chi connectivity index (χ1) is 5.79. The van der Waals surface area contributed by atoms with Crippen LogP contribution in [0.3, 0.4) is 0 Å². The highest BCUT2D eigenvalue weighted by atomic mass is 16.5. The minimum absolute atomic E-state index is 0.136. The molecule has 0 unspecified atom stereocenters. The van der Waals surface area contributed by atoms with Crippen LogP contribution >= 0.6 is 0 Å². The molecule has 0 saturated carbocycles. The molecule has 4 nitrogen and oxygen atoms in total. The van der Waals surface area contributed by atoms with Gasteiger partial charge >= 0.3 is 0 Å². The van der Waals surface area contributed by atoms with Gasteiger partial charge < -0.3 is 14.4 Å². The van der Waals surface area contributed by atoms with Crippen molar-refractivity contribution in [3.8, 4) is 0 Å². The van der Waals surface area contributed by atoms with Crippen LogP contribution in [0.25, 0.3) is 0 Å². The Morgan fingerprint density at radius 1 is 1.17 bits per heavy atom. The molecule has 0 aromatic heterocycles. The van der Waals surface area contributed by atoms with E-state index in [-0.39, 0.29) is 18.0 Å². The highest BCUT2D eigenvalue weighted by Gasteiger charge is 2.36. The molecule has 1 amide bonds. The van der Waals surface area contributed by atoms with Crippen molar-refractivity contribution in [2.75, 3.05) is 26.4 Å². The fourth-order valence-electron chi connectivity index (χ4n) is 1.91. The number of rotatable bonds is 0. The van der Waals surface area contributed by atoms with Gasteiger partial charge in [0.25, 0.3) is 0 Å². The summed E-state index contributed by atoms with van der Waals surface area (Å²) in [6.45, 7) is 4.09. The van der Waals surface area contributed by atoms with Gasteiger partial charge in [0.2, 0.25) is 5.91 Å². The van der Waals surface area contributed by atoms with Crippen molar-refractivity contribution in [3.63, 3.8) is 0 Å². The first-order valence-corrected chi connectivity index (χ1v) is 4.23. The summed E-state index contributed by atoms with van der Waals surface area (Å²) in [5.41, 5.74) is 0. The van der Waals surface area contributed by atoms with Crippen LogP contribution in [0.15, 0.2) is 0 Å². The zero-order valence-corrected chi connectivity index (χ0v) is 7.16. The van der Waals surface area contributed by atoms with E-state index in [1.54, 1.807) is 6.92 Å². The molecule has 68 valence electrons. The molecule has 2 aliphatic rings. The number of hydrogen-bond donors (Lipinski definition) is 0. The van der Waals surface area contributed by atoms with Gasteiger partial charge in [-0.1, -0.05) is 0 Å². The molecule has 0 radical (unpaired) electrons. The van der Waals surface area contributed by atoms with Gasteiger partial charge in [-0.15, -0.1) is 0 Å². The second-order valence-corrected chi connectivity index (χ2v) is 3.31. The van der Waals surface area contributed by atoms with Gasteiger partial charge in [0, 0.05) is 6.92 Å². The highest BCUT2D eigenvalue weighted by molar-refractivity contribution is 5.74. The summed E-state index contributed by atoms with van der Waals surface area (Å²) < 4.78 is 10.7. The van der Waals surface area contributed by atoms with Gasteiger partial charge in [-0.3, -0.25) is 4.79 Å². The number of morpholine rings is 2. The fourth-order valence-corrected chi connectivity index (χ4v) is 1.91. The standard InChI is InChI=1S/C8H13NO3/c1-6(10)9-7-2-11-4-8(9)5-12-3-7/h7-8H,2-5H2,1H3. The fraction of sp³-hybridized carbons (Fsp3) is 0.875. The Bertz CT molecular complexity index is 173. The molecule has 0 atom stereocenters. The van der Waals surface area contributed by atoms with Crippen molar-refractivity contribution in [1.82, 2.24) is 4.90 Å². The Kier molecular flexibility index (Phi) is 2.02. The molecular formula is C8H13NO3. The van der Waals surface area contributed by atoms with Crippen LogP contribution < -0.4 is 0 Å². The number of amides is 1. The van der Waals surface area contributed by atoms with E-state index in [2.05, 4.69) is 0 Å². The molecule has 0 aliphatic carbocycles. The Balaban J connectivity index is 2.13. The molecule has 12 heavy (non-hydrogen) atoms. The summed E-state index contributed by atoms with van der Waals surface area (Å²) in [7, 11) is 0. The smallest absolute Gasteiger partial charge is 0.220 e. The third kappa shape index (κ3) is 1.21. The molecule has 2 rings (SSSR count). The zero-order valence-electron chi connectivity index (χ0n) is 7.16. The lowest BCUT2D eigenvalue weighted by atomic mass is 10.1. The van der Waals surface area contributed by atoms with Gasteiger partial charge in [-0.2, -0.15) is 0 Å². The van der Waals surface area contributed by atoms with Crippen LogP contribution in [0.2, 0.25) is 0 Å². The van der Waals surface area contributed by atoms with E-state index in [1.807, 2.05) is 4.90 Å². The van der Waals surface area contributed by atoms with Gasteiger partial charge in [0.15, 0.2) is 0 Å². The zero-order chi connectivity index (χ0) is 8.55. The molecular weight excluding hydrogens is 158 g/mol. The quantitative estimate of drug-likeness (QED) is 0.499. The average molecular weight is 171 g/mol. The molecule has 0 aromatic carbocycles. The van der Waals surface area contributed by atoms with Crippen molar-refractivity contribution in [2.24, 2.45) is 0 Å². The van der Waals surface area contributed by atoms with Crippen molar-refractivity contribution >= 4 is 5.91 Å². The molecule has 0 N–H and O–H groups in total. The lowest BCUT2D eigenvalue weighted by Gasteiger charge is -2.44. The highest BCUT2D eigenvalue weighted by Crippen LogP contribution is 2.18. The summed E-state index contributed by atoms with van der Waals surface area (Å²) in [6, 6.07) is 0.296. The molecule has 0 aromatic rings. The number of carbonyl (C=O) groups excluding carboxylic acids is 1. The Morgan fingerprint density at radius 3 is 1.83 bits per heavy atom. The minimum atomic E-state index is 0.136. The van der Waals surface area contributed by atoms with Crippen LogP contribution in [0.5, 0.6) is 0 Å². The monoisotopic (exact) mass is 171 g/mol. The summed E-state index contributed by atoms with van der Waals surface area (Å²) in [6.07, 6.45) is 0. The number of ether oxygens (including phenoxy) is 2. The maximum atomic E-state index is 11.2. The molecule has 4 heteroatoms. The lowest BCUT2D eigenvalue weighted by Crippen LogP contribution is -2.61. The molecule has 2 saturated heterocycles. The van der Waals surface area contributed by atoms with Gasteiger partial charge in [-0.05, 0) is 0 Å². The van der Waals surface area contributed by atoms with E-state index in [1.165, 1.54) is 0 Å². The van der Waals surface area contributed by atoms with E-state index in [0.29, 0.717) is 26.4 Å². The Morgan fingerprint density at radius 2 is 1.58 bits per heavy atom. The van der Waals surface area contributed by atoms with Crippen molar-refractivity contribution in [3.05, 3.63) is 0 Å². The van der Waals surface area contributed by atoms with Crippen LogP contribution in [0.1, 0.15) is 6.92 Å². The Hall–Kier alpha value is -0.610. The number of carbonyl (C=O) groups is 1. The second-order valence-electron chi connectivity index (χ2n) is 3.31. The minimum Gasteiger partial charge on any atom is -0.377 e. The van der Waals surface area contributed by atoms with Crippen LogP contribution in [0.4, 0.5) is 0 Å². The molecule has 2 bridgehead atoms. The number of fused-ring (bicyclic) bond motifs is 2. The Labute approximate surface area is 71.4 Å². The lowest BCUT2D eigenvalue weighted by molar-refractivity contribution is -0.166. The largest absolute Gasteiger partial charge is 0.377 e. The van der Waals surface area contributed by atoms with Gasteiger partial charge in [0.1, 0.15) is 0 Å². The van der Waals surface area contributed by atoms with Crippen molar-refractivity contribution in [2.45, 2.75) is 19.0 Å². The number of nitrogens with zero attached hydrogens (tertiary/aromatic N) is 1. The molecule has 2 fully saturated rings. The summed E-state index contributed by atoms with van der Waals surface area (Å²) in [5.74, 6) is 0.136. The van der Waals surface area contributed by atoms with Crippen molar-refractivity contribution < 1.29 is 14.3 Å². The van der Waals surface area contributed by atoms with E-state index in [0.717, 1.165) is 0 Å². The number of hydrogen-bond acceptors (Lipinski definition) is 3. The topological polar surface area (TPSA) is 38.8 Å². The van der Waals surface area contributed by atoms with E-state index < -0.39 is 0 Å². The second kappa shape index (κ2) is 3.03. The molecule has 0 spiro atoms. The predicted octanol–water partition coefficient (Wildman–Crippen LogP) is -0.368. The third-order valence-corrected chi connectivity index (χ3v) is 2.39. The first-order valence-electron chi connectivity index (χ1n) is 4.23. The maximum absolute atomic E-state index is 11.2. The normalized spacial score (nSPS) is 34.9. The van der Waals surface area contributed by atoms with Crippen LogP contribution in [0, 0.1) is 0 Å². The maximum Gasteiger partial charge on any atom is 0.220 e. The molecule has 2 heterocycles. The molecule has 2 aliphatic heterocycles. The summed E-state index contributed by atoms with van der Waals surface area (Å²) in [5, 5.41) is 0. The SMILES string of the molecule is CC(=O)N1C2COCC1COC2. The van der Waals surface area contributed by atoms with Crippen LogP contribution in [-0.4, -0.2) is 49.3 Å². The third-order valence-electron chi connectivity index (χ3n) is 2.39. The summed E-state index contributed by atoms with van der Waals surface area (Å²) >= 11 is 0. The van der Waals surface area contributed by atoms with Gasteiger partial charge in [-0.25, -0.2) is 0 Å². The van der Waals surface area contributed by atoms with E-state index in [9.17, 15) is 4.79 Å². The predicted molar refractivity (Wildman–Crippen MR) is 41.7 cm³/mol.